The van der Waals surface area contributed by atoms with E-state index in [0.717, 1.165) is 26.0 Å². The number of para-hydroxylation sites is 1. The van der Waals surface area contributed by atoms with Crippen LogP contribution in [-0.4, -0.2) is 29.6 Å². The van der Waals surface area contributed by atoms with Crippen LogP contribution in [0.4, 0.5) is 4.39 Å². The molecule has 5 rings (SSSR count). The number of methoxy groups -OCH3 is 1. The van der Waals surface area contributed by atoms with Gasteiger partial charge in [-0.05, 0) is 113 Å². The highest BCUT2D eigenvalue weighted by molar-refractivity contribution is 14.1. The third-order valence-electron chi connectivity index (χ3n) is 7.12. The zero-order chi connectivity index (χ0) is 31.4. The summed E-state index contributed by atoms with van der Waals surface area (Å²) in [5.74, 6) is 2.15. The monoisotopic (exact) mass is 705 g/mol. The Bertz CT molecular complexity index is 1920. The standard InChI is InChI=1S/C35H33FIN3O4/c1-6-43-31-14-22(4)28(18-27(31)21(2)3)34-39-30-13-8-7-12-26(30)35(41)40(34)38-19-24-16-29(37)33(32(17-24)42-5)44-20-23-10-9-11-25(36)15-23/h7-19,21H,6,20H2,1-5H3. The fourth-order valence-corrected chi connectivity index (χ4v) is 5.72. The number of fused-ring (bicyclic) bond motifs is 1. The summed E-state index contributed by atoms with van der Waals surface area (Å²) in [6.45, 7) is 8.89. The highest BCUT2D eigenvalue weighted by atomic mass is 127. The molecule has 0 amide bonds. The van der Waals surface area contributed by atoms with Crippen LogP contribution in [0.25, 0.3) is 22.3 Å². The molecular weight excluding hydrogens is 672 g/mol. The number of aromatic nitrogens is 2. The molecule has 226 valence electrons. The van der Waals surface area contributed by atoms with Gasteiger partial charge >= 0.3 is 0 Å². The van der Waals surface area contributed by atoms with Crippen molar-refractivity contribution in [1.29, 1.82) is 0 Å². The van der Waals surface area contributed by atoms with E-state index in [1.807, 2.05) is 50.2 Å². The summed E-state index contributed by atoms with van der Waals surface area (Å²) in [5.41, 5.74) is 4.45. The SMILES string of the molecule is CCOc1cc(C)c(-c2nc3ccccc3c(=O)n2N=Cc2cc(I)c(OCc3cccc(F)c3)c(OC)c2)cc1C(C)C. The molecular formula is C35H33FIN3O4. The van der Waals surface area contributed by atoms with Crippen molar-refractivity contribution < 1.29 is 18.6 Å². The Hall–Kier alpha value is -4.25. The van der Waals surface area contributed by atoms with E-state index in [9.17, 15) is 9.18 Å². The van der Waals surface area contributed by atoms with Gasteiger partial charge < -0.3 is 14.2 Å². The van der Waals surface area contributed by atoms with Crippen molar-refractivity contribution in [3.8, 4) is 28.6 Å². The molecule has 0 fully saturated rings. The second-order valence-corrected chi connectivity index (χ2v) is 11.7. The molecule has 0 aliphatic heterocycles. The molecule has 7 nitrogen and oxygen atoms in total. The zero-order valence-corrected chi connectivity index (χ0v) is 27.4. The summed E-state index contributed by atoms with van der Waals surface area (Å²) in [6, 6.07) is 21.2. The third kappa shape index (κ3) is 6.62. The van der Waals surface area contributed by atoms with E-state index in [2.05, 4.69) is 41.5 Å². The van der Waals surface area contributed by atoms with E-state index >= 15 is 0 Å². The molecule has 0 saturated carbocycles. The van der Waals surface area contributed by atoms with Gasteiger partial charge in [-0.15, -0.1) is 0 Å². The largest absolute Gasteiger partial charge is 0.494 e. The minimum Gasteiger partial charge on any atom is -0.494 e. The minimum atomic E-state index is -0.321. The molecule has 0 N–H and O–H groups in total. The second-order valence-electron chi connectivity index (χ2n) is 10.6. The second kappa shape index (κ2) is 13.6. The quantitative estimate of drug-likeness (QED) is 0.109. The first kappa shape index (κ1) is 31.2. The number of ether oxygens (including phenoxy) is 3. The maximum atomic E-state index is 13.8. The Morgan fingerprint density at radius 2 is 1.82 bits per heavy atom. The van der Waals surface area contributed by atoms with E-state index < -0.39 is 0 Å². The lowest BCUT2D eigenvalue weighted by atomic mass is 9.96. The summed E-state index contributed by atoms with van der Waals surface area (Å²) in [5, 5.41) is 5.14. The van der Waals surface area contributed by atoms with E-state index in [0.29, 0.717) is 46.0 Å². The number of benzene rings is 4. The van der Waals surface area contributed by atoms with E-state index in [-0.39, 0.29) is 23.9 Å². The Morgan fingerprint density at radius 3 is 2.55 bits per heavy atom. The van der Waals surface area contributed by atoms with Crippen LogP contribution in [-0.2, 0) is 6.61 Å². The van der Waals surface area contributed by atoms with Gasteiger partial charge in [0.1, 0.15) is 18.2 Å². The fraction of sp³-hybridized carbons (Fsp3) is 0.229. The Balaban J connectivity index is 1.59. The lowest BCUT2D eigenvalue weighted by Gasteiger charge is -2.18. The van der Waals surface area contributed by atoms with E-state index in [1.54, 1.807) is 37.6 Å². The molecule has 1 aromatic heterocycles. The maximum absolute atomic E-state index is 13.8. The normalized spacial score (nSPS) is 11.5. The number of nitrogens with zero attached hydrogens (tertiary/aromatic N) is 3. The molecule has 0 aliphatic rings. The van der Waals surface area contributed by atoms with Crippen molar-refractivity contribution in [2.45, 2.75) is 40.2 Å². The van der Waals surface area contributed by atoms with Crippen LogP contribution < -0.4 is 19.8 Å². The van der Waals surface area contributed by atoms with Crippen LogP contribution in [0, 0.1) is 16.3 Å². The van der Waals surface area contributed by atoms with Gasteiger partial charge in [0.05, 0.1) is 34.4 Å². The first-order valence-corrected chi connectivity index (χ1v) is 15.4. The molecule has 0 aliphatic carbocycles. The summed E-state index contributed by atoms with van der Waals surface area (Å²) in [7, 11) is 1.55. The first-order valence-electron chi connectivity index (χ1n) is 14.3. The van der Waals surface area contributed by atoms with Gasteiger partial charge in [0, 0.05) is 5.56 Å². The first-order chi connectivity index (χ1) is 21.2. The van der Waals surface area contributed by atoms with Gasteiger partial charge in [0.15, 0.2) is 17.3 Å². The van der Waals surface area contributed by atoms with E-state index in [1.165, 1.54) is 16.8 Å². The molecule has 1 heterocycles. The number of rotatable bonds is 10. The predicted octanol–water partition coefficient (Wildman–Crippen LogP) is 8.11. The number of hydrogen-bond donors (Lipinski definition) is 0. The molecule has 0 spiro atoms. The number of hydrogen-bond acceptors (Lipinski definition) is 6. The number of aryl methyl sites for hydroxylation is 1. The zero-order valence-electron chi connectivity index (χ0n) is 25.2. The Morgan fingerprint density at radius 1 is 1.02 bits per heavy atom. The molecule has 4 aromatic carbocycles. The van der Waals surface area contributed by atoms with Crippen LogP contribution in [0.15, 0.2) is 82.7 Å². The Labute approximate surface area is 269 Å². The topological polar surface area (TPSA) is 74.9 Å². The summed E-state index contributed by atoms with van der Waals surface area (Å²) >= 11 is 2.16. The van der Waals surface area contributed by atoms with Crippen molar-refractivity contribution in [2.75, 3.05) is 13.7 Å². The van der Waals surface area contributed by atoms with Gasteiger partial charge in [-0.1, -0.05) is 38.1 Å². The maximum Gasteiger partial charge on any atom is 0.282 e. The van der Waals surface area contributed by atoms with Crippen molar-refractivity contribution in [3.63, 3.8) is 0 Å². The third-order valence-corrected chi connectivity index (χ3v) is 7.92. The predicted molar refractivity (Wildman–Crippen MR) is 181 cm³/mol. The van der Waals surface area contributed by atoms with Crippen LogP contribution in [0.3, 0.4) is 0 Å². The lowest BCUT2D eigenvalue weighted by molar-refractivity contribution is 0.282. The van der Waals surface area contributed by atoms with Gasteiger partial charge in [0.25, 0.3) is 5.56 Å². The highest BCUT2D eigenvalue weighted by Crippen LogP contribution is 2.36. The van der Waals surface area contributed by atoms with Gasteiger partial charge in [-0.25, -0.2) is 9.37 Å². The molecule has 0 radical (unpaired) electrons. The van der Waals surface area contributed by atoms with Crippen molar-refractivity contribution in [1.82, 2.24) is 9.66 Å². The number of halogens is 2. The lowest BCUT2D eigenvalue weighted by Crippen LogP contribution is -2.21. The molecule has 5 aromatic rings. The fourth-order valence-electron chi connectivity index (χ4n) is 4.94. The van der Waals surface area contributed by atoms with Crippen LogP contribution >= 0.6 is 22.6 Å². The average Bonchev–Trinajstić information content (AvgIpc) is 3.00. The van der Waals surface area contributed by atoms with Crippen LogP contribution in [0.1, 0.15) is 48.9 Å². The van der Waals surface area contributed by atoms with Crippen molar-refractivity contribution in [2.24, 2.45) is 5.10 Å². The van der Waals surface area contributed by atoms with Gasteiger partial charge in [-0.2, -0.15) is 9.78 Å². The molecule has 9 heteroatoms. The molecule has 0 atom stereocenters. The van der Waals surface area contributed by atoms with Gasteiger partial charge in [0.2, 0.25) is 0 Å². The molecule has 44 heavy (non-hydrogen) atoms. The highest BCUT2D eigenvalue weighted by Gasteiger charge is 2.19. The summed E-state index contributed by atoms with van der Waals surface area (Å²) in [4.78, 5) is 18.8. The van der Waals surface area contributed by atoms with Crippen molar-refractivity contribution in [3.05, 3.63) is 115 Å². The van der Waals surface area contributed by atoms with Crippen LogP contribution in [0.5, 0.6) is 17.2 Å². The van der Waals surface area contributed by atoms with Crippen LogP contribution in [0.2, 0.25) is 0 Å². The van der Waals surface area contributed by atoms with E-state index in [4.69, 9.17) is 19.2 Å². The summed E-state index contributed by atoms with van der Waals surface area (Å²) < 4.78 is 33.3. The smallest absolute Gasteiger partial charge is 0.282 e. The van der Waals surface area contributed by atoms with Crippen molar-refractivity contribution >= 4 is 39.7 Å². The minimum absolute atomic E-state index is 0.179. The van der Waals surface area contributed by atoms with Gasteiger partial charge in [-0.3, -0.25) is 4.79 Å². The molecule has 0 unspecified atom stereocenters. The Kier molecular flexibility index (Phi) is 9.63. The average molecular weight is 706 g/mol. The molecule has 0 bridgehead atoms. The summed E-state index contributed by atoms with van der Waals surface area (Å²) in [6.07, 6.45) is 1.61. The molecule has 0 saturated heterocycles.